The van der Waals surface area contributed by atoms with Crippen molar-refractivity contribution in [3.05, 3.63) is 83.9 Å². The Bertz CT molecular complexity index is 853. The van der Waals surface area contributed by atoms with Crippen molar-refractivity contribution in [1.82, 2.24) is 24.6 Å². The SMILES string of the molecule is O=C(c1ccc(Cn2cccn2)cc1)N1CCN(Cc2ccccn2)CC1. The average Bonchev–Trinajstić information content (AvgIpc) is 3.22. The van der Waals surface area contributed by atoms with Crippen LogP contribution < -0.4 is 0 Å². The Morgan fingerprint density at radius 2 is 1.70 bits per heavy atom. The van der Waals surface area contributed by atoms with Crippen molar-refractivity contribution >= 4 is 5.91 Å². The Hall–Kier alpha value is -2.99. The summed E-state index contributed by atoms with van der Waals surface area (Å²) in [5.74, 6) is 0.109. The number of benzene rings is 1. The summed E-state index contributed by atoms with van der Waals surface area (Å²) in [4.78, 5) is 21.4. The second-order valence-electron chi connectivity index (χ2n) is 6.79. The van der Waals surface area contributed by atoms with Gasteiger partial charge >= 0.3 is 0 Å². The van der Waals surface area contributed by atoms with Gasteiger partial charge in [-0.05, 0) is 35.9 Å². The second kappa shape index (κ2) is 8.14. The van der Waals surface area contributed by atoms with E-state index in [1.165, 1.54) is 0 Å². The molecule has 0 bridgehead atoms. The molecule has 1 fully saturated rings. The molecule has 0 N–H and O–H groups in total. The topological polar surface area (TPSA) is 54.3 Å². The third-order valence-corrected chi connectivity index (χ3v) is 4.88. The average molecular weight is 361 g/mol. The number of amides is 1. The summed E-state index contributed by atoms with van der Waals surface area (Å²) in [5.41, 5.74) is 2.96. The zero-order valence-corrected chi connectivity index (χ0v) is 15.2. The number of carbonyl (C=O) groups is 1. The summed E-state index contributed by atoms with van der Waals surface area (Å²) < 4.78 is 1.87. The van der Waals surface area contributed by atoms with E-state index in [2.05, 4.69) is 15.0 Å². The molecule has 2 aromatic heterocycles. The predicted molar refractivity (Wildman–Crippen MR) is 103 cm³/mol. The molecular formula is C21H23N5O. The quantitative estimate of drug-likeness (QED) is 0.700. The van der Waals surface area contributed by atoms with Gasteiger partial charge in [-0.3, -0.25) is 19.4 Å². The maximum atomic E-state index is 12.8. The lowest BCUT2D eigenvalue weighted by atomic mass is 10.1. The van der Waals surface area contributed by atoms with E-state index < -0.39 is 0 Å². The Kier molecular flexibility index (Phi) is 5.25. The van der Waals surface area contributed by atoms with Crippen LogP contribution in [0.5, 0.6) is 0 Å². The van der Waals surface area contributed by atoms with E-state index >= 15 is 0 Å². The van der Waals surface area contributed by atoms with Crippen molar-refractivity contribution in [3.63, 3.8) is 0 Å². The van der Waals surface area contributed by atoms with Crippen molar-refractivity contribution < 1.29 is 4.79 Å². The molecule has 1 amide bonds. The Morgan fingerprint density at radius 3 is 2.37 bits per heavy atom. The number of aromatic nitrogens is 3. The standard InChI is InChI=1S/C21H23N5O/c27-21(19-7-5-18(6-8-19)16-26-11-3-10-23-26)25-14-12-24(13-15-25)17-20-4-1-2-9-22-20/h1-11H,12-17H2. The molecule has 0 radical (unpaired) electrons. The first-order valence-corrected chi connectivity index (χ1v) is 9.26. The highest BCUT2D eigenvalue weighted by Crippen LogP contribution is 2.12. The van der Waals surface area contributed by atoms with Gasteiger partial charge in [-0.1, -0.05) is 18.2 Å². The van der Waals surface area contributed by atoms with E-state index in [1.807, 2.05) is 70.5 Å². The molecule has 6 nitrogen and oxygen atoms in total. The lowest BCUT2D eigenvalue weighted by molar-refractivity contribution is 0.0627. The summed E-state index contributed by atoms with van der Waals surface area (Å²) in [6, 6.07) is 15.7. The van der Waals surface area contributed by atoms with Crippen molar-refractivity contribution in [1.29, 1.82) is 0 Å². The Labute approximate surface area is 159 Å². The van der Waals surface area contributed by atoms with E-state index in [9.17, 15) is 4.79 Å². The Morgan fingerprint density at radius 1 is 0.889 bits per heavy atom. The summed E-state index contributed by atoms with van der Waals surface area (Å²) in [5, 5.41) is 4.21. The highest BCUT2D eigenvalue weighted by molar-refractivity contribution is 5.94. The van der Waals surface area contributed by atoms with Crippen LogP contribution in [0, 0.1) is 0 Å². The lowest BCUT2D eigenvalue weighted by Gasteiger charge is -2.34. The molecule has 1 aliphatic heterocycles. The fourth-order valence-corrected chi connectivity index (χ4v) is 3.35. The molecule has 0 aliphatic carbocycles. The third kappa shape index (κ3) is 4.41. The van der Waals surface area contributed by atoms with Crippen molar-refractivity contribution in [3.8, 4) is 0 Å². The Balaban J connectivity index is 1.31. The molecule has 27 heavy (non-hydrogen) atoms. The highest BCUT2D eigenvalue weighted by Gasteiger charge is 2.22. The predicted octanol–water partition coefficient (Wildman–Crippen LogP) is 2.28. The number of nitrogens with zero attached hydrogens (tertiary/aromatic N) is 5. The first-order valence-electron chi connectivity index (χ1n) is 9.26. The van der Waals surface area contributed by atoms with Gasteiger partial charge in [0.2, 0.25) is 0 Å². The number of hydrogen-bond acceptors (Lipinski definition) is 4. The second-order valence-corrected chi connectivity index (χ2v) is 6.79. The molecule has 1 aliphatic rings. The summed E-state index contributed by atoms with van der Waals surface area (Å²) >= 11 is 0. The van der Waals surface area contributed by atoms with Gasteiger partial charge in [0, 0.05) is 56.9 Å². The number of rotatable bonds is 5. The molecule has 6 heteroatoms. The molecule has 0 atom stereocenters. The molecule has 1 saturated heterocycles. The van der Waals surface area contributed by atoms with Crippen LogP contribution in [-0.2, 0) is 13.1 Å². The van der Waals surface area contributed by atoms with E-state index in [-0.39, 0.29) is 5.91 Å². The maximum Gasteiger partial charge on any atom is 0.253 e. The van der Waals surface area contributed by atoms with Gasteiger partial charge in [0.25, 0.3) is 5.91 Å². The fourth-order valence-electron chi connectivity index (χ4n) is 3.35. The van der Waals surface area contributed by atoms with Gasteiger partial charge in [-0.2, -0.15) is 5.10 Å². The smallest absolute Gasteiger partial charge is 0.253 e. The van der Waals surface area contributed by atoms with Gasteiger partial charge in [0.05, 0.1) is 12.2 Å². The minimum atomic E-state index is 0.109. The summed E-state index contributed by atoms with van der Waals surface area (Å²) in [7, 11) is 0. The van der Waals surface area contributed by atoms with Crippen molar-refractivity contribution in [2.45, 2.75) is 13.1 Å². The van der Waals surface area contributed by atoms with Gasteiger partial charge in [-0.15, -0.1) is 0 Å². The van der Waals surface area contributed by atoms with Crippen LogP contribution >= 0.6 is 0 Å². The summed E-state index contributed by atoms with van der Waals surface area (Å²) in [6.07, 6.45) is 5.53. The van der Waals surface area contributed by atoms with Crippen LogP contribution in [0.1, 0.15) is 21.6 Å². The molecule has 0 unspecified atom stereocenters. The molecule has 0 saturated carbocycles. The first-order chi connectivity index (χ1) is 13.3. The van der Waals surface area contributed by atoms with Crippen molar-refractivity contribution in [2.75, 3.05) is 26.2 Å². The zero-order valence-electron chi connectivity index (χ0n) is 15.2. The van der Waals surface area contributed by atoms with Crippen LogP contribution in [0.4, 0.5) is 0 Å². The molecule has 138 valence electrons. The monoisotopic (exact) mass is 361 g/mol. The molecule has 0 spiro atoms. The van der Waals surface area contributed by atoms with Crippen LogP contribution in [0.3, 0.4) is 0 Å². The minimum Gasteiger partial charge on any atom is -0.336 e. The van der Waals surface area contributed by atoms with Gasteiger partial charge in [-0.25, -0.2) is 0 Å². The maximum absolute atomic E-state index is 12.8. The first kappa shape index (κ1) is 17.4. The van der Waals surface area contributed by atoms with Crippen LogP contribution in [0.15, 0.2) is 67.1 Å². The highest BCUT2D eigenvalue weighted by atomic mass is 16.2. The van der Waals surface area contributed by atoms with Crippen molar-refractivity contribution in [2.24, 2.45) is 0 Å². The third-order valence-electron chi connectivity index (χ3n) is 4.88. The number of carbonyl (C=O) groups excluding carboxylic acids is 1. The minimum absolute atomic E-state index is 0.109. The molecular weight excluding hydrogens is 338 g/mol. The van der Waals surface area contributed by atoms with Crippen LogP contribution in [0.2, 0.25) is 0 Å². The zero-order chi connectivity index (χ0) is 18.5. The van der Waals surface area contributed by atoms with E-state index in [4.69, 9.17) is 0 Å². The number of hydrogen-bond donors (Lipinski definition) is 0. The molecule has 1 aromatic carbocycles. The van der Waals surface area contributed by atoms with E-state index in [0.717, 1.165) is 49.5 Å². The van der Waals surface area contributed by atoms with Gasteiger partial charge in [0.15, 0.2) is 0 Å². The largest absolute Gasteiger partial charge is 0.336 e. The number of pyridine rings is 1. The lowest BCUT2D eigenvalue weighted by Crippen LogP contribution is -2.48. The normalized spacial score (nSPS) is 15.0. The molecule has 3 aromatic rings. The molecule has 4 rings (SSSR count). The summed E-state index contributed by atoms with van der Waals surface area (Å²) in [6.45, 7) is 4.81. The van der Waals surface area contributed by atoms with Crippen LogP contribution in [-0.4, -0.2) is 56.7 Å². The van der Waals surface area contributed by atoms with E-state index in [0.29, 0.717) is 6.54 Å². The van der Waals surface area contributed by atoms with E-state index in [1.54, 1.807) is 6.20 Å². The molecule has 3 heterocycles. The fraction of sp³-hybridized carbons (Fsp3) is 0.286. The number of piperazine rings is 1. The van der Waals surface area contributed by atoms with Gasteiger partial charge in [0.1, 0.15) is 0 Å². The van der Waals surface area contributed by atoms with Gasteiger partial charge < -0.3 is 4.90 Å². The van der Waals surface area contributed by atoms with Crippen LogP contribution in [0.25, 0.3) is 0 Å².